The molecular weight excluding hydrogens is 225 g/mol. The summed E-state index contributed by atoms with van der Waals surface area (Å²) in [6.45, 7) is 4.49. The molecule has 0 bridgehead atoms. The highest BCUT2D eigenvalue weighted by Gasteiger charge is 2.25. The fourth-order valence-electron chi connectivity index (χ4n) is 2.16. The van der Waals surface area contributed by atoms with E-state index < -0.39 is 12.6 Å². The number of alkyl halides is 3. The maximum absolute atomic E-state index is 11.8. The summed E-state index contributed by atoms with van der Waals surface area (Å²) in [6, 6.07) is 0. The molecule has 0 nitrogen and oxygen atoms in total. The summed E-state index contributed by atoms with van der Waals surface area (Å²) in [7, 11) is 0. The Bertz CT molecular complexity index is 163. The van der Waals surface area contributed by atoms with Crippen LogP contribution in [0.2, 0.25) is 0 Å². The third-order valence-corrected chi connectivity index (χ3v) is 3.19. The maximum Gasteiger partial charge on any atom is 0.389 e. The van der Waals surface area contributed by atoms with Gasteiger partial charge in [0.2, 0.25) is 0 Å². The molecule has 3 heteroatoms. The van der Waals surface area contributed by atoms with Gasteiger partial charge in [-0.1, -0.05) is 65.2 Å². The Morgan fingerprint density at radius 1 is 0.824 bits per heavy atom. The number of rotatable bonds is 10. The van der Waals surface area contributed by atoms with Crippen molar-refractivity contribution in [3.05, 3.63) is 0 Å². The molecule has 0 radical (unpaired) electrons. The van der Waals surface area contributed by atoms with Crippen molar-refractivity contribution < 1.29 is 13.2 Å². The van der Waals surface area contributed by atoms with Gasteiger partial charge in [0.15, 0.2) is 0 Å². The van der Waals surface area contributed by atoms with Crippen LogP contribution in [0, 0.1) is 5.92 Å². The highest BCUT2D eigenvalue weighted by atomic mass is 19.4. The third kappa shape index (κ3) is 13.7. The van der Waals surface area contributed by atoms with Crippen LogP contribution in [0.1, 0.15) is 78.1 Å². The highest BCUT2D eigenvalue weighted by molar-refractivity contribution is 4.54. The second kappa shape index (κ2) is 9.78. The summed E-state index contributed by atoms with van der Waals surface area (Å²) in [5.74, 6) is 0.810. The van der Waals surface area contributed by atoms with Crippen molar-refractivity contribution in [3.8, 4) is 0 Å². The second-order valence-corrected chi connectivity index (χ2v) is 5.17. The molecule has 0 N–H and O–H groups in total. The van der Waals surface area contributed by atoms with E-state index in [1.807, 2.05) is 0 Å². The lowest BCUT2D eigenvalue weighted by Crippen LogP contribution is -2.06. The first-order valence-electron chi connectivity index (χ1n) is 7.02. The summed E-state index contributed by atoms with van der Waals surface area (Å²) in [5.41, 5.74) is 0. The molecule has 17 heavy (non-hydrogen) atoms. The molecule has 0 aromatic rings. The molecule has 0 heterocycles. The molecule has 0 aliphatic heterocycles. The summed E-state index contributed by atoms with van der Waals surface area (Å²) in [4.78, 5) is 0. The maximum atomic E-state index is 11.8. The van der Waals surface area contributed by atoms with Crippen LogP contribution in [0.25, 0.3) is 0 Å². The third-order valence-electron chi connectivity index (χ3n) is 3.19. The number of hydrogen-bond donors (Lipinski definition) is 0. The monoisotopic (exact) mass is 252 g/mol. The van der Waals surface area contributed by atoms with E-state index in [-0.39, 0.29) is 0 Å². The van der Waals surface area contributed by atoms with E-state index in [9.17, 15) is 13.2 Å². The molecule has 0 rings (SSSR count). The molecule has 0 aromatic carbocycles. The van der Waals surface area contributed by atoms with Gasteiger partial charge in [0.25, 0.3) is 0 Å². The van der Waals surface area contributed by atoms with Gasteiger partial charge in [-0.25, -0.2) is 0 Å². The Hall–Kier alpha value is -0.210. The minimum atomic E-state index is -3.96. The minimum Gasteiger partial charge on any atom is -0.171 e. The van der Waals surface area contributed by atoms with Crippen LogP contribution in [0.5, 0.6) is 0 Å². The molecule has 0 saturated heterocycles. The fraction of sp³-hybridized carbons (Fsp3) is 1.00. The van der Waals surface area contributed by atoms with E-state index in [1.54, 1.807) is 0 Å². The second-order valence-electron chi connectivity index (χ2n) is 5.17. The zero-order valence-electron chi connectivity index (χ0n) is 11.3. The van der Waals surface area contributed by atoms with Gasteiger partial charge in [-0.05, 0) is 12.3 Å². The van der Waals surface area contributed by atoms with Crippen molar-refractivity contribution >= 4 is 0 Å². The van der Waals surface area contributed by atoms with Gasteiger partial charge >= 0.3 is 6.18 Å². The predicted molar refractivity (Wildman–Crippen MR) is 67.1 cm³/mol. The molecule has 1 unspecified atom stereocenters. The molecule has 0 aromatic heterocycles. The van der Waals surface area contributed by atoms with Crippen molar-refractivity contribution in [2.45, 2.75) is 84.2 Å². The van der Waals surface area contributed by atoms with Crippen molar-refractivity contribution in [1.82, 2.24) is 0 Å². The van der Waals surface area contributed by atoms with Crippen molar-refractivity contribution in [2.75, 3.05) is 0 Å². The van der Waals surface area contributed by atoms with E-state index in [0.717, 1.165) is 25.2 Å². The van der Waals surface area contributed by atoms with Gasteiger partial charge in [0.05, 0.1) is 0 Å². The lowest BCUT2D eigenvalue weighted by molar-refractivity contribution is -0.135. The number of unbranched alkanes of at least 4 members (excludes halogenated alkanes) is 5. The fourth-order valence-corrected chi connectivity index (χ4v) is 2.16. The molecule has 1 atom stereocenters. The molecule has 104 valence electrons. The first-order valence-corrected chi connectivity index (χ1v) is 7.02. The smallest absolute Gasteiger partial charge is 0.171 e. The molecule has 0 spiro atoms. The molecule has 0 amide bonds. The number of hydrogen-bond acceptors (Lipinski definition) is 0. The SMILES string of the molecule is CCCC(C)CCCCCCCCC(F)(F)F. The topological polar surface area (TPSA) is 0 Å². The van der Waals surface area contributed by atoms with Crippen LogP contribution in [-0.2, 0) is 0 Å². The van der Waals surface area contributed by atoms with E-state index in [2.05, 4.69) is 13.8 Å². The first-order chi connectivity index (χ1) is 7.95. The zero-order chi connectivity index (χ0) is 13.1. The highest BCUT2D eigenvalue weighted by Crippen LogP contribution is 2.23. The molecule has 0 aliphatic carbocycles. The van der Waals surface area contributed by atoms with Gasteiger partial charge in [0, 0.05) is 6.42 Å². The van der Waals surface area contributed by atoms with E-state index in [4.69, 9.17) is 0 Å². The van der Waals surface area contributed by atoms with Crippen LogP contribution in [0.15, 0.2) is 0 Å². The Balaban J connectivity index is 3.14. The van der Waals surface area contributed by atoms with E-state index >= 15 is 0 Å². The molecule has 0 aliphatic rings. The van der Waals surface area contributed by atoms with Gasteiger partial charge in [-0.15, -0.1) is 0 Å². The van der Waals surface area contributed by atoms with Crippen molar-refractivity contribution in [2.24, 2.45) is 5.92 Å². The lowest BCUT2D eigenvalue weighted by Gasteiger charge is -2.09. The molecule has 0 fully saturated rings. The zero-order valence-corrected chi connectivity index (χ0v) is 11.3. The Labute approximate surface area is 104 Å². The largest absolute Gasteiger partial charge is 0.389 e. The van der Waals surface area contributed by atoms with Crippen LogP contribution < -0.4 is 0 Å². The van der Waals surface area contributed by atoms with Gasteiger partial charge in [-0.3, -0.25) is 0 Å². The standard InChI is InChI=1S/C14H27F3/c1-3-10-13(2)11-8-6-4-5-7-9-12-14(15,16)17/h13H,3-12H2,1-2H3. The van der Waals surface area contributed by atoms with E-state index in [0.29, 0.717) is 6.42 Å². The Morgan fingerprint density at radius 2 is 1.35 bits per heavy atom. The molecule has 0 saturated carbocycles. The average molecular weight is 252 g/mol. The lowest BCUT2D eigenvalue weighted by atomic mass is 9.98. The van der Waals surface area contributed by atoms with Crippen LogP contribution >= 0.6 is 0 Å². The van der Waals surface area contributed by atoms with Gasteiger partial charge in [0.1, 0.15) is 0 Å². The molecular formula is C14H27F3. The van der Waals surface area contributed by atoms with Crippen LogP contribution in [0.3, 0.4) is 0 Å². The average Bonchev–Trinajstić information content (AvgIpc) is 2.21. The Morgan fingerprint density at radius 3 is 1.88 bits per heavy atom. The van der Waals surface area contributed by atoms with Crippen molar-refractivity contribution in [1.29, 1.82) is 0 Å². The van der Waals surface area contributed by atoms with Crippen molar-refractivity contribution in [3.63, 3.8) is 0 Å². The van der Waals surface area contributed by atoms with Crippen LogP contribution in [0.4, 0.5) is 13.2 Å². The minimum absolute atomic E-state index is 0.301. The summed E-state index contributed by atoms with van der Waals surface area (Å²) < 4.78 is 35.5. The predicted octanol–water partition coefficient (Wildman–Crippen LogP) is 6.11. The number of halogens is 3. The van der Waals surface area contributed by atoms with Crippen LogP contribution in [-0.4, -0.2) is 6.18 Å². The summed E-state index contributed by atoms with van der Waals surface area (Å²) in [5, 5.41) is 0. The summed E-state index contributed by atoms with van der Waals surface area (Å²) >= 11 is 0. The van der Waals surface area contributed by atoms with Gasteiger partial charge < -0.3 is 0 Å². The van der Waals surface area contributed by atoms with E-state index in [1.165, 1.54) is 32.1 Å². The first kappa shape index (κ1) is 16.8. The Kier molecular flexibility index (Phi) is 9.66. The van der Waals surface area contributed by atoms with Gasteiger partial charge in [-0.2, -0.15) is 13.2 Å². The quantitative estimate of drug-likeness (QED) is 0.412. The normalized spacial score (nSPS) is 13.9. The summed E-state index contributed by atoms with van der Waals surface area (Å²) in [6.07, 6.45) is 4.74.